The molecule has 0 aliphatic carbocycles. The molecule has 4 rings (SSSR count). The van der Waals surface area contributed by atoms with Crippen molar-refractivity contribution in [3.63, 3.8) is 0 Å². The molecular weight excluding hydrogens is 318 g/mol. The number of urea groups is 1. The van der Waals surface area contributed by atoms with Crippen LogP contribution in [0.25, 0.3) is 0 Å². The summed E-state index contributed by atoms with van der Waals surface area (Å²) in [5.41, 5.74) is 1.32. The van der Waals surface area contributed by atoms with E-state index < -0.39 is 0 Å². The molecule has 1 N–H and O–H groups in total. The second-order valence-corrected chi connectivity index (χ2v) is 7.08. The molecule has 1 aromatic rings. The van der Waals surface area contributed by atoms with Gasteiger partial charge >= 0.3 is 6.03 Å². The first-order valence-corrected chi connectivity index (χ1v) is 8.92. The van der Waals surface area contributed by atoms with Gasteiger partial charge in [0, 0.05) is 33.7 Å². The van der Waals surface area contributed by atoms with Crippen molar-refractivity contribution in [1.82, 2.24) is 24.9 Å². The summed E-state index contributed by atoms with van der Waals surface area (Å²) in [6, 6.07) is 9.92. The molecule has 3 atom stereocenters. The summed E-state index contributed by atoms with van der Waals surface area (Å²) < 4.78 is 0. The molecule has 0 saturated carbocycles. The summed E-state index contributed by atoms with van der Waals surface area (Å²) in [5.74, 6) is -0.104. The topological polar surface area (TPSA) is 59.1 Å². The summed E-state index contributed by atoms with van der Waals surface area (Å²) in [7, 11) is 3.34. The number of carbonyl (C=O) groups excluding carboxylic acids is 2. The van der Waals surface area contributed by atoms with Crippen LogP contribution in [0.4, 0.5) is 4.79 Å². The number of benzene rings is 1. The van der Waals surface area contributed by atoms with E-state index in [0.29, 0.717) is 0 Å². The summed E-state index contributed by atoms with van der Waals surface area (Å²) >= 11 is 0. The summed E-state index contributed by atoms with van der Waals surface area (Å²) in [5, 5.41) is 3.52. The molecule has 3 heterocycles. The Hall–Kier alpha value is -1.96. The molecule has 7 nitrogen and oxygen atoms in total. The van der Waals surface area contributed by atoms with Crippen molar-refractivity contribution in [2.24, 2.45) is 0 Å². The van der Waals surface area contributed by atoms with Crippen molar-refractivity contribution in [3.8, 4) is 0 Å². The second-order valence-electron chi connectivity index (χ2n) is 7.08. The number of rotatable bonds is 3. The largest absolute Gasteiger partial charge is 0.327 e. The van der Waals surface area contributed by atoms with Crippen molar-refractivity contribution in [3.05, 3.63) is 35.9 Å². The highest BCUT2D eigenvalue weighted by Gasteiger charge is 2.55. The maximum absolute atomic E-state index is 12.7. The molecule has 3 amide bonds. The molecule has 3 saturated heterocycles. The fourth-order valence-corrected chi connectivity index (χ4v) is 4.23. The summed E-state index contributed by atoms with van der Waals surface area (Å²) in [6.07, 6.45) is 1.77. The van der Waals surface area contributed by atoms with Gasteiger partial charge in [-0.2, -0.15) is 0 Å². The van der Waals surface area contributed by atoms with E-state index in [1.54, 1.807) is 19.0 Å². The van der Waals surface area contributed by atoms with Crippen LogP contribution >= 0.6 is 0 Å². The highest BCUT2D eigenvalue weighted by atomic mass is 16.2. The monoisotopic (exact) mass is 343 g/mol. The number of nitrogens with one attached hydrogen (secondary N) is 1. The number of imide groups is 1. The smallest absolute Gasteiger partial charge is 0.310 e. The fourth-order valence-electron chi connectivity index (χ4n) is 4.23. The van der Waals surface area contributed by atoms with E-state index in [2.05, 4.69) is 39.4 Å². The molecule has 3 unspecified atom stereocenters. The Kier molecular flexibility index (Phi) is 4.23. The van der Waals surface area contributed by atoms with Gasteiger partial charge in [0.1, 0.15) is 18.5 Å². The molecule has 3 fully saturated rings. The van der Waals surface area contributed by atoms with Gasteiger partial charge in [0.2, 0.25) is 0 Å². The molecule has 0 bridgehead atoms. The molecule has 3 aliphatic rings. The fraction of sp³-hybridized carbons (Fsp3) is 0.556. The van der Waals surface area contributed by atoms with E-state index in [0.717, 1.165) is 32.5 Å². The number of carbonyl (C=O) groups is 2. The third-order valence-corrected chi connectivity index (χ3v) is 5.62. The molecule has 0 radical (unpaired) electrons. The third-order valence-electron chi connectivity index (χ3n) is 5.62. The maximum Gasteiger partial charge on any atom is 0.327 e. The van der Waals surface area contributed by atoms with Crippen LogP contribution in [-0.2, 0) is 11.2 Å². The molecule has 7 heteroatoms. The number of hydrogen-bond donors (Lipinski definition) is 1. The zero-order valence-corrected chi connectivity index (χ0v) is 14.8. The SMILES string of the molecule is CN1C(=O)C2C(NC3N(CCc4ccccc4)CCCN23)N(C)C1=O. The average molecular weight is 343 g/mol. The van der Waals surface area contributed by atoms with Crippen molar-refractivity contribution in [1.29, 1.82) is 0 Å². The Morgan fingerprint density at radius 3 is 2.64 bits per heavy atom. The first-order chi connectivity index (χ1) is 12.1. The van der Waals surface area contributed by atoms with Gasteiger partial charge in [0.15, 0.2) is 0 Å². The van der Waals surface area contributed by atoms with E-state index in [4.69, 9.17) is 0 Å². The van der Waals surface area contributed by atoms with Crippen molar-refractivity contribution in [2.75, 3.05) is 33.7 Å². The van der Waals surface area contributed by atoms with Crippen LogP contribution in [0, 0.1) is 0 Å². The van der Waals surface area contributed by atoms with Gasteiger partial charge in [0.05, 0.1) is 0 Å². The van der Waals surface area contributed by atoms with Gasteiger partial charge in [-0.15, -0.1) is 0 Å². The minimum Gasteiger partial charge on any atom is -0.310 e. The van der Waals surface area contributed by atoms with Crippen LogP contribution in [-0.4, -0.2) is 83.8 Å². The van der Waals surface area contributed by atoms with Crippen LogP contribution in [0.3, 0.4) is 0 Å². The van der Waals surface area contributed by atoms with E-state index in [1.165, 1.54) is 10.5 Å². The van der Waals surface area contributed by atoms with Crippen LogP contribution in [0.2, 0.25) is 0 Å². The lowest BCUT2D eigenvalue weighted by molar-refractivity contribution is -0.138. The maximum atomic E-state index is 12.7. The zero-order valence-electron chi connectivity index (χ0n) is 14.8. The first-order valence-electron chi connectivity index (χ1n) is 8.92. The minimum atomic E-state index is -0.294. The number of likely N-dealkylation sites (N-methyl/N-ethyl adjacent to an activating group) is 2. The second kappa shape index (κ2) is 6.40. The van der Waals surface area contributed by atoms with Crippen LogP contribution in [0.5, 0.6) is 0 Å². The zero-order chi connectivity index (χ0) is 17.6. The molecule has 3 aliphatic heterocycles. The lowest BCUT2D eigenvalue weighted by atomic mass is 10.1. The van der Waals surface area contributed by atoms with Crippen molar-refractivity contribution in [2.45, 2.75) is 31.3 Å². The first kappa shape index (κ1) is 16.5. The third kappa shape index (κ3) is 2.72. The molecular formula is C18H25N5O2. The van der Waals surface area contributed by atoms with E-state index >= 15 is 0 Å². The predicted octanol–water partition coefficient (Wildman–Crippen LogP) is 0.342. The van der Waals surface area contributed by atoms with Gasteiger partial charge < -0.3 is 4.90 Å². The predicted molar refractivity (Wildman–Crippen MR) is 93.5 cm³/mol. The number of fused-ring (bicyclic) bond motifs is 3. The molecule has 1 aromatic carbocycles. The lowest BCUT2D eigenvalue weighted by Crippen LogP contribution is -2.65. The van der Waals surface area contributed by atoms with Crippen LogP contribution < -0.4 is 5.32 Å². The Labute approximate surface area is 148 Å². The van der Waals surface area contributed by atoms with Crippen LogP contribution in [0.1, 0.15) is 12.0 Å². The lowest BCUT2D eigenvalue weighted by Gasteiger charge is -2.42. The minimum absolute atomic E-state index is 0.0122. The molecule has 134 valence electrons. The number of nitrogens with zero attached hydrogens (tertiary/aromatic N) is 4. The highest BCUT2D eigenvalue weighted by molar-refractivity contribution is 6.00. The van der Waals surface area contributed by atoms with Gasteiger partial charge in [-0.25, -0.2) is 4.79 Å². The Morgan fingerprint density at radius 1 is 1.12 bits per heavy atom. The Bertz CT molecular complexity index is 667. The van der Waals surface area contributed by atoms with E-state index in [-0.39, 0.29) is 30.4 Å². The quantitative estimate of drug-likeness (QED) is 0.858. The van der Waals surface area contributed by atoms with Crippen molar-refractivity contribution >= 4 is 11.9 Å². The number of amides is 3. The average Bonchev–Trinajstić information content (AvgIpc) is 3.04. The van der Waals surface area contributed by atoms with Gasteiger partial charge in [0.25, 0.3) is 5.91 Å². The Morgan fingerprint density at radius 2 is 1.88 bits per heavy atom. The van der Waals surface area contributed by atoms with Gasteiger partial charge in [-0.05, 0) is 18.4 Å². The Balaban J connectivity index is 1.51. The van der Waals surface area contributed by atoms with E-state index in [9.17, 15) is 9.59 Å². The standard InChI is InChI=1S/C18H25N5O2/c1-20-15-14(16(24)21(2)18(20)25)23-11-6-10-22(17(23)19-15)12-9-13-7-4-3-5-8-13/h3-5,7-8,14-15,17,19H,6,9-12H2,1-2H3. The number of hydrogen-bond acceptors (Lipinski definition) is 5. The van der Waals surface area contributed by atoms with Crippen molar-refractivity contribution < 1.29 is 9.59 Å². The van der Waals surface area contributed by atoms with Gasteiger partial charge in [-0.1, -0.05) is 30.3 Å². The highest BCUT2D eigenvalue weighted by Crippen LogP contribution is 2.30. The summed E-state index contributed by atoms with van der Waals surface area (Å²) in [6.45, 7) is 2.81. The normalized spacial score (nSPS) is 30.6. The molecule has 25 heavy (non-hydrogen) atoms. The van der Waals surface area contributed by atoms with E-state index in [1.807, 2.05) is 6.07 Å². The molecule has 0 spiro atoms. The summed E-state index contributed by atoms with van der Waals surface area (Å²) in [4.78, 5) is 32.4. The van der Waals surface area contributed by atoms with Crippen LogP contribution in [0.15, 0.2) is 30.3 Å². The van der Waals surface area contributed by atoms with Gasteiger partial charge in [-0.3, -0.25) is 24.8 Å². The molecule has 0 aromatic heterocycles.